The van der Waals surface area contributed by atoms with Crippen LogP contribution in [0.3, 0.4) is 0 Å². The van der Waals surface area contributed by atoms with Crippen molar-refractivity contribution in [3.05, 3.63) is 17.5 Å². The van der Waals surface area contributed by atoms with Crippen LogP contribution in [0.5, 0.6) is 0 Å². The van der Waals surface area contributed by atoms with Gasteiger partial charge in [-0.3, -0.25) is 9.59 Å². The van der Waals surface area contributed by atoms with Crippen LogP contribution in [-0.2, 0) is 19.6 Å². The first-order valence-corrected chi connectivity index (χ1v) is 11.9. The number of sulfonamides is 1. The van der Waals surface area contributed by atoms with Crippen molar-refractivity contribution < 1.29 is 18.0 Å². The van der Waals surface area contributed by atoms with E-state index in [0.29, 0.717) is 29.5 Å². The van der Waals surface area contributed by atoms with Crippen LogP contribution in [0.1, 0.15) is 19.8 Å². The number of nitrogens with zero attached hydrogens (tertiary/aromatic N) is 3. The minimum atomic E-state index is -3.47. The number of carbonyl (C=O) groups excluding carboxylic acids is 2. The van der Waals surface area contributed by atoms with E-state index in [-0.39, 0.29) is 29.8 Å². The molecule has 7 nitrogen and oxygen atoms in total. The summed E-state index contributed by atoms with van der Waals surface area (Å²) in [5, 5.41) is 1.74. The molecule has 0 aromatic carbocycles. The summed E-state index contributed by atoms with van der Waals surface area (Å²) in [6.07, 6.45) is 1.28. The van der Waals surface area contributed by atoms with Crippen LogP contribution in [0.25, 0.3) is 0 Å². The lowest BCUT2D eigenvalue weighted by molar-refractivity contribution is -0.144. The second-order valence-corrected chi connectivity index (χ2v) is 11.5. The Bertz CT molecular complexity index is 818. The zero-order valence-corrected chi connectivity index (χ0v) is 16.9. The maximum Gasteiger partial charge on any atom is 0.252 e. The number of piperazine rings is 1. The summed E-state index contributed by atoms with van der Waals surface area (Å²) >= 11 is 2.88. The molecule has 3 aliphatic heterocycles. The van der Waals surface area contributed by atoms with E-state index in [0.717, 1.165) is 6.42 Å². The molecule has 10 heteroatoms. The predicted molar refractivity (Wildman–Crippen MR) is 100 cm³/mol. The largest absolute Gasteiger partial charge is 0.338 e. The highest BCUT2D eigenvalue weighted by Crippen LogP contribution is 2.47. The lowest BCUT2D eigenvalue weighted by Gasteiger charge is -2.37. The number of hydrogen-bond donors (Lipinski definition) is 0. The van der Waals surface area contributed by atoms with Gasteiger partial charge in [-0.25, -0.2) is 8.42 Å². The fourth-order valence-electron chi connectivity index (χ4n) is 3.90. The summed E-state index contributed by atoms with van der Waals surface area (Å²) in [7, 11) is -3.47. The van der Waals surface area contributed by atoms with E-state index in [1.807, 2.05) is 6.92 Å². The van der Waals surface area contributed by atoms with Gasteiger partial charge in [0.05, 0.1) is 4.87 Å². The van der Waals surface area contributed by atoms with Crippen LogP contribution in [0.4, 0.5) is 0 Å². The molecule has 3 aliphatic rings. The van der Waals surface area contributed by atoms with Crippen LogP contribution >= 0.6 is 23.1 Å². The maximum absolute atomic E-state index is 13.0. The molecule has 0 bridgehead atoms. The van der Waals surface area contributed by atoms with E-state index in [9.17, 15) is 18.0 Å². The topological polar surface area (TPSA) is 78.0 Å². The van der Waals surface area contributed by atoms with Crippen molar-refractivity contribution in [2.75, 3.05) is 31.9 Å². The molecular weight excluding hydrogens is 394 g/mol. The minimum Gasteiger partial charge on any atom is -0.338 e. The predicted octanol–water partition coefficient (Wildman–Crippen LogP) is 1.04. The lowest BCUT2D eigenvalue weighted by Crippen LogP contribution is -2.56. The molecule has 4 rings (SSSR count). The fraction of sp³-hybridized carbons (Fsp3) is 0.625. The minimum absolute atomic E-state index is 0.0507. The van der Waals surface area contributed by atoms with Gasteiger partial charge in [-0.15, -0.1) is 23.1 Å². The Morgan fingerprint density at radius 1 is 1.27 bits per heavy atom. The molecule has 0 saturated carbocycles. The number of thiophene rings is 1. The van der Waals surface area contributed by atoms with Gasteiger partial charge >= 0.3 is 0 Å². The molecule has 0 spiro atoms. The molecular formula is C16H21N3O4S3. The van der Waals surface area contributed by atoms with Crippen LogP contribution in [-0.4, -0.2) is 77.2 Å². The second-order valence-electron chi connectivity index (χ2n) is 6.93. The molecule has 2 amide bonds. The highest BCUT2D eigenvalue weighted by Gasteiger charge is 2.53. The van der Waals surface area contributed by atoms with Gasteiger partial charge in [0.2, 0.25) is 11.8 Å². The van der Waals surface area contributed by atoms with E-state index in [4.69, 9.17) is 0 Å². The summed E-state index contributed by atoms with van der Waals surface area (Å²) in [4.78, 5) is 28.4. The van der Waals surface area contributed by atoms with Crippen molar-refractivity contribution in [2.24, 2.45) is 0 Å². The second kappa shape index (κ2) is 6.50. The van der Waals surface area contributed by atoms with Gasteiger partial charge in [0, 0.05) is 38.4 Å². The summed E-state index contributed by atoms with van der Waals surface area (Å²) in [6, 6.07) is 2.91. The standard InChI is InChI=1S/C16H21N3O4S3/c1-16-5-4-13(20)19(16)12(11-25-16)15(21)17-6-8-18(9-7-17)26(22,23)14-3-2-10-24-14/h2-3,10,12H,4-9,11H2,1H3/t12-,16+/m1/s1. The Morgan fingerprint density at radius 3 is 2.65 bits per heavy atom. The first-order chi connectivity index (χ1) is 12.3. The van der Waals surface area contributed by atoms with E-state index < -0.39 is 16.1 Å². The Kier molecular flexibility index (Phi) is 4.57. The maximum atomic E-state index is 13.0. The molecule has 26 heavy (non-hydrogen) atoms. The third-order valence-electron chi connectivity index (χ3n) is 5.37. The van der Waals surface area contributed by atoms with Crippen molar-refractivity contribution in [1.82, 2.24) is 14.1 Å². The van der Waals surface area contributed by atoms with Crippen molar-refractivity contribution in [3.8, 4) is 0 Å². The number of thioether (sulfide) groups is 1. The average molecular weight is 416 g/mol. The van der Waals surface area contributed by atoms with E-state index in [1.165, 1.54) is 15.6 Å². The average Bonchev–Trinajstić information content (AvgIpc) is 3.33. The highest BCUT2D eigenvalue weighted by atomic mass is 32.2. The number of carbonyl (C=O) groups is 2. The normalized spacial score (nSPS) is 30.0. The van der Waals surface area contributed by atoms with Gasteiger partial charge in [0.1, 0.15) is 10.3 Å². The number of amides is 2. The van der Waals surface area contributed by atoms with Gasteiger partial charge in [-0.2, -0.15) is 4.31 Å². The van der Waals surface area contributed by atoms with Gasteiger partial charge in [0.25, 0.3) is 10.0 Å². The summed E-state index contributed by atoms with van der Waals surface area (Å²) in [5.41, 5.74) is 0. The van der Waals surface area contributed by atoms with Crippen LogP contribution in [0.15, 0.2) is 21.7 Å². The van der Waals surface area contributed by atoms with Crippen molar-refractivity contribution in [1.29, 1.82) is 0 Å². The number of rotatable bonds is 3. The van der Waals surface area contributed by atoms with E-state index >= 15 is 0 Å². The van der Waals surface area contributed by atoms with Crippen LogP contribution in [0, 0.1) is 0 Å². The Morgan fingerprint density at radius 2 is 2.00 bits per heavy atom. The molecule has 2 atom stereocenters. The summed E-state index contributed by atoms with van der Waals surface area (Å²) < 4.78 is 27.0. The quantitative estimate of drug-likeness (QED) is 0.737. The summed E-state index contributed by atoms with van der Waals surface area (Å²) in [5.74, 6) is 0.619. The zero-order valence-electron chi connectivity index (χ0n) is 14.5. The molecule has 142 valence electrons. The van der Waals surface area contributed by atoms with Gasteiger partial charge in [0.15, 0.2) is 0 Å². The SMILES string of the molecule is C[C@]12CCC(=O)N1[C@@H](C(=O)N1CCN(S(=O)(=O)c3cccs3)CC1)CS2. The molecule has 1 aromatic heterocycles. The third-order valence-corrected chi connectivity index (χ3v) is 10.1. The first-order valence-electron chi connectivity index (χ1n) is 8.61. The molecule has 0 aliphatic carbocycles. The van der Waals surface area contributed by atoms with Gasteiger partial charge < -0.3 is 9.80 Å². The summed E-state index contributed by atoms with van der Waals surface area (Å²) in [6.45, 7) is 3.34. The molecule has 0 N–H and O–H groups in total. The number of fused-ring (bicyclic) bond motifs is 1. The van der Waals surface area contributed by atoms with Crippen molar-refractivity contribution >= 4 is 44.9 Å². The Labute approximate surface area is 161 Å². The third kappa shape index (κ3) is 2.87. The lowest BCUT2D eigenvalue weighted by atomic mass is 10.2. The fourth-order valence-corrected chi connectivity index (χ4v) is 7.89. The first kappa shape index (κ1) is 18.3. The van der Waals surface area contributed by atoms with Crippen molar-refractivity contribution in [3.63, 3.8) is 0 Å². The molecule has 0 radical (unpaired) electrons. The molecule has 3 saturated heterocycles. The molecule has 3 fully saturated rings. The van der Waals surface area contributed by atoms with E-state index in [1.54, 1.807) is 39.1 Å². The van der Waals surface area contributed by atoms with E-state index in [2.05, 4.69) is 0 Å². The highest BCUT2D eigenvalue weighted by molar-refractivity contribution is 8.01. The Balaban J connectivity index is 1.42. The molecule has 0 unspecified atom stereocenters. The number of hydrogen-bond acceptors (Lipinski definition) is 6. The monoisotopic (exact) mass is 415 g/mol. The smallest absolute Gasteiger partial charge is 0.252 e. The molecule has 1 aromatic rings. The van der Waals surface area contributed by atoms with Crippen molar-refractivity contribution in [2.45, 2.75) is 34.9 Å². The van der Waals surface area contributed by atoms with Gasteiger partial charge in [-0.05, 0) is 24.8 Å². The molecule has 4 heterocycles. The van der Waals surface area contributed by atoms with Crippen LogP contribution in [0.2, 0.25) is 0 Å². The van der Waals surface area contributed by atoms with Crippen LogP contribution < -0.4 is 0 Å². The Hall–Kier alpha value is -1.10. The zero-order chi connectivity index (χ0) is 18.5. The van der Waals surface area contributed by atoms with Gasteiger partial charge in [-0.1, -0.05) is 6.07 Å².